The molecule has 0 spiro atoms. The van der Waals surface area contributed by atoms with Gasteiger partial charge in [-0.2, -0.15) is 13.2 Å². The summed E-state index contributed by atoms with van der Waals surface area (Å²) in [5, 5.41) is 0. The fourth-order valence-corrected chi connectivity index (χ4v) is 8.49. The van der Waals surface area contributed by atoms with Crippen LogP contribution >= 0.6 is 11.8 Å². The lowest BCUT2D eigenvalue weighted by atomic mass is 9.45. The molecule has 4 aliphatic carbocycles. The van der Waals surface area contributed by atoms with Gasteiger partial charge in [0, 0.05) is 24.7 Å². The number of carbonyl (C=O) groups excluding carboxylic acids is 4. The minimum absolute atomic E-state index is 0.00169. The minimum Gasteiger partial charge on any atom is -0.458 e. The number of esters is 2. The molecule has 3 fully saturated rings. The van der Waals surface area contributed by atoms with Crippen molar-refractivity contribution in [3.05, 3.63) is 11.6 Å². The van der Waals surface area contributed by atoms with Crippen LogP contribution in [0.2, 0.25) is 0 Å². The Morgan fingerprint density at radius 1 is 1.13 bits per heavy atom. The Balaban J connectivity index is 1.79. The van der Waals surface area contributed by atoms with Gasteiger partial charge in [-0.25, -0.2) is 4.79 Å². The maximum atomic E-state index is 13.7. The van der Waals surface area contributed by atoms with Crippen LogP contribution in [0.4, 0.5) is 13.2 Å². The van der Waals surface area contributed by atoms with Gasteiger partial charge in [0.1, 0.15) is 11.7 Å². The third kappa shape index (κ3) is 4.71. The third-order valence-electron chi connectivity index (χ3n) is 9.76. The smallest absolute Gasteiger partial charge is 0.458 e. The zero-order valence-electron chi connectivity index (χ0n) is 22.2. The van der Waals surface area contributed by atoms with Gasteiger partial charge in [0.05, 0.1) is 5.94 Å². The number of alkyl halides is 3. The van der Waals surface area contributed by atoms with Crippen molar-refractivity contribution in [2.24, 2.45) is 28.6 Å². The van der Waals surface area contributed by atoms with Crippen molar-refractivity contribution in [1.82, 2.24) is 0 Å². The van der Waals surface area contributed by atoms with E-state index >= 15 is 0 Å². The SMILES string of the molecule is CSCO[C@]1(C(=O)COC(C)=O)CC[C@H]2[C@@H]3CCC4=CC(=O)CC[C@]4(C)[C@H]3[C@@H](OC(=O)C(F)(F)F)C[C@@]21C. The molecule has 0 radical (unpaired) electrons. The number of ketones is 2. The number of hydrogen-bond acceptors (Lipinski definition) is 8. The first-order valence-electron chi connectivity index (χ1n) is 13.0. The lowest BCUT2D eigenvalue weighted by Gasteiger charge is -2.61. The van der Waals surface area contributed by atoms with Crippen LogP contribution in [0.1, 0.15) is 65.7 Å². The maximum absolute atomic E-state index is 13.7. The van der Waals surface area contributed by atoms with Gasteiger partial charge in [0.15, 0.2) is 12.4 Å². The van der Waals surface area contributed by atoms with Crippen LogP contribution < -0.4 is 0 Å². The van der Waals surface area contributed by atoms with Crippen molar-refractivity contribution < 1.29 is 46.6 Å². The van der Waals surface area contributed by atoms with E-state index in [0.717, 1.165) is 5.57 Å². The highest BCUT2D eigenvalue weighted by Crippen LogP contribution is 2.69. The summed E-state index contributed by atoms with van der Waals surface area (Å²) in [6.07, 6.45) is 0.0512. The highest BCUT2D eigenvalue weighted by Gasteiger charge is 2.70. The van der Waals surface area contributed by atoms with E-state index in [2.05, 4.69) is 0 Å². The molecule has 0 bridgehead atoms. The number of rotatable bonds is 7. The standard InChI is InChI=1S/C27H35F3O7S/c1-15(31)35-13-21(33)26(36-14-38-4)10-8-19-18-6-5-16-11-17(32)7-9-24(16,2)22(18)20(12-25(19,26)3)37-23(34)27(28,29)30/h11,18-20,22H,5-10,12-14H2,1-4H3/t18-,19-,20-,22+,24-,25-,26-/m0/s1. The number of thioether (sulfide) groups is 1. The van der Waals surface area contributed by atoms with Crippen molar-refractivity contribution in [3.8, 4) is 0 Å². The molecule has 0 N–H and O–H groups in total. The monoisotopic (exact) mass is 560 g/mol. The molecule has 0 heterocycles. The highest BCUT2D eigenvalue weighted by atomic mass is 32.2. The first kappa shape index (κ1) is 29.1. The van der Waals surface area contributed by atoms with Gasteiger partial charge in [-0.15, -0.1) is 11.8 Å². The summed E-state index contributed by atoms with van der Waals surface area (Å²) in [7, 11) is 0. The Kier molecular flexibility index (Phi) is 7.86. The van der Waals surface area contributed by atoms with Crippen molar-refractivity contribution in [2.75, 3.05) is 18.8 Å². The van der Waals surface area contributed by atoms with Gasteiger partial charge in [0.2, 0.25) is 5.78 Å². The average Bonchev–Trinajstić information content (AvgIpc) is 3.13. The van der Waals surface area contributed by atoms with Crippen molar-refractivity contribution >= 4 is 35.3 Å². The van der Waals surface area contributed by atoms with Crippen molar-refractivity contribution in [3.63, 3.8) is 0 Å². The zero-order valence-corrected chi connectivity index (χ0v) is 23.0. The third-order valence-corrected chi connectivity index (χ3v) is 10.1. The van der Waals surface area contributed by atoms with Gasteiger partial charge in [0.25, 0.3) is 0 Å². The number of hydrogen-bond donors (Lipinski definition) is 0. The van der Waals surface area contributed by atoms with Gasteiger partial charge in [-0.05, 0) is 68.1 Å². The molecule has 0 aliphatic heterocycles. The van der Waals surface area contributed by atoms with Gasteiger partial charge in [-0.3, -0.25) is 14.4 Å². The van der Waals surface area contributed by atoms with Crippen LogP contribution in [0.3, 0.4) is 0 Å². The van der Waals surface area contributed by atoms with E-state index in [1.165, 1.54) is 18.7 Å². The maximum Gasteiger partial charge on any atom is 0.490 e. The summed E-state index contributed by atoms with van der Waals surface area (Å²) in [5.41, 5.74) is -2.05. The number of Topliss-reactive ketones (excluding diaryl/α,β-unsaturated/α-hetero) is 1. The summed E-state index contributed by atoms with van der Waals surface area (Å²) >= 11 is 1.36. The molecular formula is C27H35F3O7S. The van der Waals surface area contributed by atoms with Crippen LogP contribution in [0.5, 0.6) is 0 Å². The molecular weight excluding hydrogens is 525 g/mol. The number of ether oxygens (including phenoxy) is 3. The summed E-state index contributed by atoms with van der Waals surface area (Å²) in [4.78, 5) is 49.5. The number of halogens is 3. The second-order valence-electron chi connectivity index (χ2n) is 11.6. The van der Waals surface area contributed by atoms with Crippen LogP contribution in [0.25, 0.3) is 0 Å². The molecule has 0 amide bonds. The van der Waals surface area contributed by atoms with E-state index in [9.17, 15) is 32.3 Å². The predicted octanol–water partition coefficient (Wildman–Crippen LogP) is 4.81. The van der Waals surface area contributed by atoms with Gasteiger partial charge < -0.3 is 14.2 Å². The fourth-order valence-electron chi connectivity index (χ4n) is 8.17. The number of carbonyl (C=O) groups is 4. The first-order valence-corrected chi connectivity index (χ1v) is 14.4. The Labute approximate surface area is 224 Å². The molecule has 212 valence electrons. The number of allylic oxidation sites excluding steroid dienone is 1. The Bertz CT molecular complexity index is 1040. The summed E-state index contributed by atoms with van der Waals surface area (Å²) in [6, 6.07) is 0. The quantitative estimate of drug-likeness (QED) is 0.323. The molecule has 11 heteroatoms. The van der Waals surface area contributed by atoms with E-state index in [4.69, 9.17) is 14.2 Å². The van der Waals surface area contributed by atoms with E-state index in [1.54, 1.807) is 6.08 Å². The molecule has 4 aliphatic rings. The topological polar surface area (TPSA) is 96.0 Å². The molecule has 38 heavy (non-hydrogen) atoms. The van der Waals surface area contributed by atoms with Crippen molar-refractivity contribution in [1.29, 1.82) is 0 Å². The van der Waals surface area contributed by atoms with Crippen LogP contribution in [-0.4, -0.2) is 60.2 Å². The Morgan fingerprint density at radius 2 is 1.84 bits per heavy atom. The Hall–Kier alpha value is -1.88. The predicted molar refractivity (Wildman–Crippen MR) is 132 cm³/mol. The van der Waals surface area contributed by atoms with E-state index in [0.29, 0.717) is 32.1 Å². The van der Waals surface area contributed by atoms with E-state index in [-0.39, 0.29) is 36.4 Å². The second-order valence-corrected chi connectivity index (χ2v) is 12.4. The minimum atomic E-state index is -5.17. The normalized spacial score (nSPS) is 38.4. The molecule has 7 nitrogen and oxygen atoms in total. The second kappa shape index (κ2) is 10.3. The highest BCUT2D eigenvalue weighted by molar-refractivity contribution is 7.98. The lowest BCUT2D eigenvalue weighted by molar-refractivity contribution is -0.228. The zero-order chi connectivity index (χ0) is 28.1. The molecule has 0 aromatic heterocycles. The lowest BCUT2D eigenvalue weighted by Crippen LogP contribution is -2.63. The molecule has 0 unspecified atom stereocenters. The van der Waals surface area contributed by atoms with Gasteiger partial charge in [-0.1, -0.05) is 19.4 Å². The summed E-state index contributed by atoms with van der Waals surface area (Å²) < 4.78 is 56.9. The number of fused-ring (bicyclic) bond motifs is 5. The van der Waals surface area contributed by atoms with Crippen LogP contribution in [0, 0.1) is 28.6 Å². The molecule has 3 saturated carbocycles. The van der Waals surface area contributed by atoms with Crippen molar-refractivity contribution in [2.45, 2.75) is 83.6 Å². The molecule has 0 aromatic rings. The van der Waals surface area contributed by atoms with Gasteiger partial charge >= 0.3 is 18.1 Å². The largest absolute Gasteiger partial charge is 0.490 e. The molecule has 4 rings (SSSR count). The molecule has 0 saturated heterocycles. The van der Waals surface area contributed by atoms with E-state index in [1.807, 2.05) is 20.1 Å². The first-order chi connectivity index (χ1) is 17.7. The molecule has 7 atom stereocenters. The molecule has 0 aromatic carbocycles. The fraction of sp³-hybridized carbons (Fsp3) is 0.778. The van der Waals surface area contributed by atoms with Crippen LogP contribution in [0.15, 0.2) is 11.6 Å². The Morgan fingerprint density at radius 3 is 2.47 bits per heavy atom. The van der Waals surface area contributed by atoms with E-state index < -0.39 is 59.0 Å². The van der Waals surface area contributed by atoms with Crippen LogP contribution in [-0.2, 0) is 33.4 Å². The average molecular weight is 561 g/mol. The summed E-state index contributed by atoms with van der Waals surface area (Å²) in [5.74, 6) is -3.80. The summed E-state index contributed by atoms with van der Waals surface area (Å²) in [6.45, 7) is 4.51.